The molecule has 0 bridgehead atoms. The Labute approximate surface area is 120 Å². The fraction of sp³-hybridized carbons (Fsp3) is 0.0588. The van der Waals surface area contributed by atoms with Crippen molar-refractivity contribution in [2.24, 2.45) is 0 Å². The summed E-state index contributed by atoms with van der Waals surface area (Å²) in [6, 6.07) is 15.9. The molecule has 4 nitrogen and oxygen atoms in total. The summed E-state index contributed by atoms with van der Waals surface area (Å²) >= 11 is 0. The van der Waals surface area contributed by atoms with Crippen molar-refractivity contribution >= 4 is 16.9 Å². The molecular formula is C17H11NO3. The van der Waals surface area contributed by atoms with E-state index in [4.69, 9.17) is 4.42 Å². The Morgan fingerprint density at radius 1 is 0.905 bits per heavy atom. The maximum Gasteiger partial charge on any atom is 0.288 e. The van der Waals surface area contributed by atoms with Gasteiger partial charge in [-0.05, 0) is 17.7 Å². The van der Waals surface area contributed by atoms with Gasteiger partial charge in [0, 0.05) is 0 Å². The smallest absolute Gasteiger partial charge is 0.288 e. The molecule has 2 heterocycles. The average molecular weight is 277 g/mol. The molecule has 0 saturated heterocycles. The number of carbonyl (C=O) groups is 1. The zero-order chi connectivity index (χ0) is 14.4. The fourth-order valence-corrected chi connectivity index (χ4v) is 2.75. The molecular weight excluding hydrogens is 266 g/mol. The summed E-state index contributed by atoms with van der Waals surface area (Å²) in [4.78, 5) is 24.8. The van der Waals surface area contributed by atoms with Gasteiger partial charge in [-0.15, -0.1) is 0 Å². The first kappa shape index (κ1) is 11.9. The van der Waals surface area contributed by atoms with Gasteiger partial charge in [0.1, 0.15) is 5.58 Å². The van der Waals surface area contributed by atoms with Crippen LogP contribution in [-0.4, -0.2) is 5.91 Å². The average Bonchev–Trinajstić information content (AvgIpc) is 2.86. The number of para-hydroxylation sites is 1. The maximum absolute atomic E-state index is 12.7. The van der Waals surface area contributed by atoms with E-state index in [0.29, 0.717) is 16.5 Å². The molecule has 1 aliphatic rings. The minimum atomic E-state index is -0.449. The standard InChI is InChI=1S/C17H11NO3/c19-15-11-8-4-5-9-12(11)21-16-13(15)14(18-17(16)20)10-6-2-1-3-7-10/h1-9,14H,(H,18,20)/t14-/m0/s1. The van der Waals surface area contributed by atoms with Crippen molar-refractivity contribution in [2.45, 2.75) is 6.04 Å². The van der Waals surface area contributed by atoms with Crippen LogP contribution in [0.25, 0.3) is 11.0 Å². The van der Waals surface area contributed by atoms with Crippen molar-refractivity contribution in [2.75, 3.05) is 0 Å². The van der Waals surface area contributed by atoms with Gasteiger partial charge in [0.15, 0.2) is 5.43 Å². The van der Waals surface area contributed by atoms with Gasteiger partial charge in [0.05, 0.1) is 17.0 Å². The van der Waals surface area contributed by atoms with Gasteiger partial charge in [0.2, 0.25) is 5.76 Å². The van der Waals surface area contributed by atoms with Crippen molar-refractivity contribution < 1.29 is 9.21 Å². The summed E-state index contributed by atoms with van der Waals surface area (Å²) in [5.74, 6) is -0.228. The van der Waals surface area contributed by atoms with E-state index in [1.807, 2.05) is 30.3 Å². The minimum absolute atomic E-state index is 0.118. The topological polar surface area (TPSA) is 59.3 Å². The van der Waals surface area contributed by atoms with Crippen LogP contribution in [0.4, 0.5) is 0 Å². The van der Waals surface area contributed by atoms with E-state index in [1.165, 1.54) is 0 Å². The van der Waals surface area contributed by atoms with E-state index < -0.39 is 6.04 Å². The lowest BCUT2D eigenvalue weighted by molar-refractivity contribution is 0.0938. The molecule has 0 spiro atoms. The summed E-state index contributed by atoms with van der Waals surface area (Å²) in [6.07, 6.45) is 0. The Morgan fingerprint density at radius 3 is 2.43 bits per heavy atom. The van der Waals surface area contributed by atoms with Crippen LogP contribution < -0.4 is 10.7 Å². The number of amides is 1. The van der Waals surface area contributed by atoms with Crippen LogP contribution in [0.15, 0.2) is 63.8 Å². The first-order valence-corrected chi connectivity index (χ1v) is 6.67. The third-order valence-corrected chi connectivity index (χ3v) is 3.74. The third kappa shape index (κ3) is 1.69. The van der Waals surface area contributed by atoms with E-state index in [9.17, 15) is 9.59 Å². The number of carbonyl (C=O) groups excluding carboxylic acids is 1. The van der Waals surface area contributed by atoms with Gasteiger partial charge in [-0.1, -0.05) is 42.5 Å². The highest BCUT2D eigenvalue weighted by Gasteiger charge is 2.35. The highest BCUT2D eigenvalue weighted by atomic mass is 16.3. The normalized spacial score (nSPS) is 16.8. The summed E-state index contributed by atoms with van der Waals surface area (Å²) in [7, 11) is 0. The second kappa shape index (κ2) is 4.31. The van der Waals surface area contributed by atoms with Crippen molar-refractivity contribution in [3.8, 4) is 0 Å². The van der Waals surface area contributed by atoms with Crippen molar-refractivity contribution in [1.29, 1.82) is 0 Å². The molecule has 0 radical (unpaired) electrons. The highest BCUT2D eigenvalue weighted by Crippen LogP contribution is 2.30. The molecule has 1 aromatic heterocycles. The predicted molar refractivity (Wildman–Crippen MR) is 78.2 cm³/mol. The van der Waals surface area contributed by atoms with Gasteiger partial charge >= 0.3 is 0 Å². The number of benzene rings is 2. The molecule has 1 aliphatic heterocycles. The van der Waals surface area contributed by atoms with Crippen molar-refractivity contribution in [1.82, 2.24) is 5.32 Å². The Morgan fingerprint density at radius 2 is 1.62 bits per heavy atom. The van der Waals surface area contributed by atoms with Crippen molar-refractivity contribution in [3.63, 3.8) is 0 Å². The lowest BCUT2D eigenvalue weighted by atomic mass is 9.99. The van der Waals surface area contributed by atoms with Crippen molar-refractivity contribution in [3.05, 3.63) is 81.7 Å². The van der Waals surface area contributed by atoms with E-state index in [0.717, 1.165) is 5.56 Å². The number of rotatable bonds is 1. The molecule has 0 aliphatic carbocycles. The first-order chi connectivity index (χ1) is 10.3. The van der Waals surface area contributed by atoms with E-state index in [2.05, 4.69) is 5.32 Å². The molecule has 0 unspecified atom stereocenters. The van der Waals surface area contributed by atoms with Gasteiger partial charge in [-0.3, -0.25) is 9.59 Å². The lowest BCUT2D eigenvalue weighted by Gasteiger charge is -2.10. The van der Waals surface area contributed by atoms with Crippen LogP contribution >= 0.6 is 0 Å². The number of hydrogen-bond acceptors (Lipinski definition) is 3. The van der Waals surface area contributed by atoms with Crippen LogP contribution in [0.3, 0.4) is 0 Å². The molecule has 0 saturated carbocycles. The lowest BCUT2D eigenvalue weighted by Crippen LogP contribution is -2.21. The number of hydrogen-bond donors (Lipinski definition) is 1. The second-order valence-electron chi connectivity index (χ2n) is 4.99. The SMILES string of the molecule is O=C1N[C@@H](c2ccccc2)c2c1oc1ccccc1c2=O. The molecule has 3 aromatic rings. The third-order valence-electron chi connectivity index (χ3n) is 3.74. The largest absolute Gasteiger partial charge is 0.450 e. The van der Waals surface area contributed by atoms with E-state index in [1.54, 1.807) is 24.3 Å². The Bertz CT molecular complexity index is 912. The number of fused-ring (bicyclic) bond motifs is 2. The molecule has 21 heavy (non-hydrogen) atoms. The van der Waals surface area contributed by atoms with Gasteiger partial charge in [0.25, 0.3) is 5.91 Å². The zero-order valence-corrected chi connectivity index (χ0v) is 11.0. The Balaban J connectivity index is 2.03. The molecule has 1 atom stereocenters. The summed E-state index contributed by atoms with van der Waals surface area (Å²) in [5, 5.41) is 3.31. The summed E-state index contributed by atoms with van der Waals surface area (Å²) < 4.78 is 5.64. The van der Waals surface area contributed by atoms with Crippen LogP contribution in [0, 0.1) is 0 Å². The van der Waals surface area contributed by atoms with Gasteiger partial charge in [-0.2, -0.15) is 0 Å². The molecule has 0 fully saturated rings. The highest BCUT2D eigenvalue weighted by molar-refractivity contribution is 5.98. The Hall–Kier alpha value is -2.88. The monoisotopic (exact) mass is 277 g/mol. The van der Waals surface area contributed by atoms with Gasteiger partial charge < -0.3 is 9.73 Å². The predicted octanol–water partition coefficient (Wildman–Crippen LogP) is 2.63. The number of nitrogens with one attached hydrogen (secondary N) is 1. The van der Waals surface area contributed by atoms with E-state index >= 15 is 0 Å². The molecule has 4 heteroatoms. The second-order valence-corrected chi connectivity index (χ2v) is 4.99. The zero-order valence-electron chi connectivity index (χ0n) is 11.0. The molecule has 1 N–H and O–H groups in total. The molecule has 2 aromatic carbocycles. The van der Waals surface area contributed by atoms with Crippen LogP contribution in [0.2, 0.25) is 0 Å². The van der Waals surface area contributed by atoms with E-state index in [-0.39, 0.29) is 17.1 Å². The Kier molecular flexibility index (Phi) is 2.44. The van der Waals surface area contributed by atoms with Gasteiger partial charge in [-0.25, -0.2) is 0 Å². The maximum atomic E-state index is 12.7. The molecule has 102 valence electrons. The summed E-state index contributed by atoms with van der Waals surface area (Å²) in [6.45, 7) is 0. The first-order valence-electron chi connectivity index (χ1n) is 6.67. The minimum Gasteiger partial charge on any atom is -0.450 e. The van der Waals surface area contributed by atoms with Crippen LogP contribution in [0.1, 0.15) is 27.7 Å². The molecule has 1 amide bonds. The fourth-order valence-electron chi connectivity index (χ4n) is 2.75. The molecule has 4 rings (SSSR count). The van der Waals surface area contributed by atoms with Crippen LogP contribution in [-0.2, 0) is 0 Å². The summed E-state index contributed by atoms with van der Waals surface area (Å²) in [5.41, 5.74) is 1.54. The van der Waals surface area contributed by atoms with Crippen LogP contribution in [0.5, 0.6) is 0 Å². The quantitative estimate of drug-likeness (QED) is 0.743.